The SMILES string of the molecule is O=c1[nH]ccn1-c1ccc(NCC2CCO2)c([N+](=O)[O-])c1. The summed E-state index contributed by atoms with van der Waals surface area (Å²) in [5.41, 5.74) is 0.453. The normalized spacial score (nSPS) is 17.2. The van der Waals surface area contributed by atoms with Crippen LogP contribution in [0.1, 0.15) is 6.42 Å². The number of benzene rings is 1. The first-order chi connectivity index (χ1) is 10.1. The minimum Gasteiger partial charge on any atom is -0.377 e. The maximum atomic E-state index is 11.6. The Bertz CT molecular complexity index is 717. The van der Waals surface area contributed by atoms with Crippen LogP contribution in [0.15, 0.2) is 35.4 Å². The molecule has 0 saturated carbocycles. The van der Waals surface area contributed by atoms with Crippen LogP contribution in [0.2, 0.25) is 0 Å². The van der Waals surface area contributed by atoms with Gasteiger partial charge in [0.25, 0.3) is 5.69 Å². The van der Waals surface area contributed by atoms with Crippen LogP contribution >= 0.6 is 0 Å². The second kappa shape index (κ2) is 5.41. The van der Waals surface area contributed by atoms with Gasteiger partial charge in [-0.2, -0.15) is 0 Å². The summed E-state index contributed by atoms with van der Waals surface area (Å²) in [4.78, 5) is 24.8. The minimum atomic E-state index is -0.467. The van der Waals surface area contributed by atoms with Crippen LogP contribution in [0.4, 0.5) is 11.4 Å². The van der Waals surface area contributed by atoms with Gasteiger partial charge < -0.3 is 15.0 Å². The molecule has 0 aliphatic carbocycles. The number of nitro benzene ring substituents is 1. The maximum absolute atomic E-state index is 11.6. The van der Waals surface area contributed by atoms with E-state index in [1.54, 1.807) is 12.1 Å². The number of H-pyrrole nitrogens is 1. The molecule has 3 rings (SSSR count). The molecule has 1 atom stereocenters. The lowest BCUT2D eigenvalue weighted by Gasteiger charge is -2.26. The van der Waals surface area contributed by atoms with Crippen molar-refractivity contribution in [2.45, 2.75) is 12.5 Å². The Hall–Kier alpha value is -2.61. The van der Waals surface area contributed by atoms with Gasteiger partial charge >= 0.3 is 5.69 Å². The number of ether oxygens (including phenoxy) is 1. The number of anilines is 1. The highest BCUT2D eigenvalue weighted by Crippen LogP contribution is 2.27. The van der Waals surface area contributed by atoms with Crippen molar-refractivity contribution in [3.63, 3.8) is 0 Å². The smallest absolute Gasteiger partial charge is 0.330 e. The number of nitrogens with one attached hydrogen (secondary N) is 2. The van der Waals surface area contributed by atoms with Crippen LogP contribution in [0, 0.1) is 10.1 Å². The molecule has 8 nitrogen and oxygen atoms in total. The molecule has 2 N–H and O–H groups in total. The molecule has 1 aromatic carbocycles. The van der Waals surface area contributed by atoms with E-state index in [4.69, 9.17) is 4.74 Å². The van der Waals surface area contributed by atoms with Gasteiger partial charge in [-0.05, 0) is 18.6 Å². The number of nitro groups is 1. The van der Waals surface area contributed by atoms with E-state index in [1.165, 1.54) is 23.0 Å². The molecule has 0 bridgehead atoms. The molecule has 0 radical (unpaired) electrons. The Kier molecular flexibility index (Phi) is 3.44. The van der Waals surface area contributed by atoms with Crippen LogP contribution in [0.3, 0.4) is 0 Å². The molecular weight excluding hydrogens is 276 g/mol. The van der Waals surface area contributed by atoms with Gasteiger partial charge in [-0.1, -0.05) is 0 Å². The zero-order chi connectivity index (χ0) is 14.8. The van der Waals surface area contributed by atoms with Crippen molar-refractivity contribution in [3.05, 3.63) is 51.2 Å². The van der Waals surface area contributed by atoms with Crippen molar-refractivity contribution in [1.82, 2.24) is 9.55 Å². The summed E-state index contributed by atoms with van der Waals surface area (Å²) in [5.74, 6) is 0. The van der Waals surface area contributed by atoms with Gasteiger partial charge in [-0.3, -0.25) is 14.7 Å². The fourth-order valence-electron chi connectivity index (χ4n) is 2.16. The van der Waals surface area contributed by atoms with Crippen molar-refractivity contribution in [2.24, 2.45) is 0 Å². The Balaban J connectivity index is 1.88. The number of hydrogen-bond donors (Lipinski definition) is 2. The van der Waals surface area contributed by atoms with Gasteiger partial charge in [-0.15, -0.1) is 0 Å². The molecule has 1 aliphatic rings. The predicted octanol–water partition coefficient (Wildman–Crippen LogP) is 1.27. The van der Waals surface area contributed by atoms with Crippen LogP contribution in [0.5, 0.6) is 0 Å². The lowest BCUT2D eigenvalue weighted by Crippen LogP contribution is -2.33. The quantitative estimate of drug-likeness (QED) is 0.638. The monoisotopic (exact) mass is 290 g/mol. The average molecular weight is 290 g/mol. The highest BCUT2D eigenvalue weighted by molar-refractivity contribution is 5.65. The molecule has 1 unspecified atom stereocenters. The van der Waals surface area contributed by atoms with E-state index in [-0.39, 0.29) is 17.5 Å². The fraction of sp³-hybridized carbons (Fsp3) is 0.308. The Morgan fingerprint density at radius 1 is 1.52 bits per heavy atom. The molecule has 1 saturated heterocycles. The molecule has 1 aliphatic heterocycles. The second-order valence-corrected chi connectivity index (χ2v) is 4.76. The van der Waals surface area contributed by atoms with Crippen molar-refractivity contribution in [1.29, 1.82) is 0 Å². The Morgan fingerprint density at radius 2 is 2.33 bits per heavy atom. The summed E-state index contributed by atoms with van der Waals surface area (Å²) in [5, 5.41) is 14.2. The molecule has 8 heteroatoms. The van der Waals surface area contributed by atoms with Gasteiger partial charge in [0.05, 0.1) is 16.7 Å². The lowest BCUT2D eigenvalue weighted by atomic mass is 10.2. The molecular formula is C13H14N4O4. The molecule has 110 valence electrons. The summed E-state index contributed by atoms with van der Waals surface area (Å²) >= 11 is 0. The number of nitrogens with zero attached hydrogens (tertiary/aromatic N) is 2. The first-order valence-corrected chi connectivity index (χ1v) is 6.55. The van der Waals surface area contributed by atoms with Crippen molar-refractivity contribution in [3.8, 4) is 5.69 Å². The van der Waals surface area contributed by atoms with Gasteiger partial charge in [0.1, 0.15) is 5.69 Å². The standard InChI is InChI=1S/C13H14N4O4/c18-13-14-4-5-16(13)9-1-2-11(12(7-9)17(19)20)15-8-10-3-6-21-10/h1-2,4-5,7,10,15H,3,6,8H2,(H,14,18). The molecule has 1 aromatic heterocycles. The van der Waals surface area contributed by atoms with Gasteiger partial charge in [0.15, 0.2) is 0 Å². The van der Waals surface area contributed by atoms with Crippen molar-refractivity contribution in [2.75, 3.05) is 18.5 Å². The van der Waals surface area contributed by atoms with E-state index < -0.39 is 4.92 Å². The zero-order valence-electron chi connectivity index (χ0n) is 11.1. The second-order valence-electron chi connectivity index (χ2n) is 4.76. The first-order valence-electron chi connectivity index (χ1n) is 6.55. The third kappa shape index (κ3) is 2.65. The molecule has 21 heavy (non-hydrogen) atoms. The number of hydrogen-bond acceptors (Lipinski definition) is 5. The third-order valence-electron chi connectivity index (χ3n) is 3.42. The summed E-state index contributed by atoms with van der Waals surface area (Å²) in [7, 11) is 0. The number of imidazole rings is 1. The van der Waals surface area contributed by atoms with Crippen molar-refractivity contribution < 1.29 is 9.66 Å². The van der Waals surface area contributed by atoms with E-state index in [2.05, 4.69) is 10.3 Å². The summed E-state index contributed by atoms with van der Waals surface area (Å²) in [6.07, 6.45) is 4.07. The van der Waals surface area contributed by atoms with Crippen LogP contribution in [0.25, 0.3) is 5.69 Å². The highest BCUT2D eigenvalue weighted by atomic mass is 16.6. The number of rotatable bonds is 5. The van der Waals surface area contributed by atoms with Gasteiger partial charge in [0.2, 0.25) is 0 Å². The van der Waals surface area contributed by atoms with Crippen LogP contribution in [-0.2, 0) is 4.74 Å². The van der Waals surface area contributed by atoms with Crippen LogP contribution < -0.4 is 11.0 Å². The minimum absolute atomic E-state index is 0.0695. The summed E-state index contributed by atoms with van der Waals surface area (Å²) < 4.78 is 6.58. The largest absolute Gasteiger partial charge is 0.377 e. The third-order valence-corrected chi connectivity index (χ3v) is 3.42. The summed E-state index contributed by atoms with van der Waals surface area (Å²) in [6.45, 7) is 1.27. The molecule has 0 amide bonds. The lowest BCUT2D eigenvalue weighted by molar-refractivity contribution is -0.383. The Morgan fingerprint density at radius 3 is 2.90 bits per heavy atom. The van der Waals surface area contributed by atoms with E-state index >= 15 is 0 Å². The first kappa shape index (κ1) is 13.4. The van der Waals surface area contributed by atoms with Gasteiger partial charge in [-0.25, -0.2) is 4.79 Å². The van der Waals surface area contributed by atoms with E-state index in [0.717, 1.165) is 13.0 Å². The molecule has 2 heterocycles. The van der Waals surface area contributed by atoms with Crippen molar-refractivity contribution >= 4 is 11.4 Å². The van der Waals surface area contributed by atoms with E-state index in [1.807, 2.05) is 0 Å². The number of aromatic amines is 1. The van der Waals surface area contributed by atoms with Gasteiger partial charge in [0, 0.05) is 31.6 Å². The molecule has 1 fully saturated rings. The van der Waals surface area contributed by atoms with E-state index in [0.29, 0.717) is 17.9 Å². The average Bonchev–Trinajstić information content (AvgIpc) is 2.83. The molecule has 0 spiro atoms. The highest BCUT2D eigenvalue weighted by Gasteiger charge is 2.20. The zero-order valence-corrected chi connectivity index (χ0v) is 11.1. The van der Waals surface area contributed by atoms with E-state index in [9.17, 15) is 14.9 Å². The fourth-order valence-corrected chi connectivity index (χ4v) is 2.16. The predicted molar refractivity (Wildman–Crippen MR) is 75.9 cm³/mol. The Labute approximate surface area is 119 Å². The molecule has 2 aromatic rings. The summed E-state index contributed by atoms with van der Waals surface area (Å²) in [6, 6.07) is 4.64. The van der Waals surface area contributed by atoms with Crippen LogP contribution in [-0.4, -0.2) is 33.7 Å². The number of aromatic nitrogens is 2. The maximum Gasteiger partial charge on any atom is 0.330 e. The topological polar surface area (TPSA) is 102 Å².